The third kappa shape index (κ3) is 1.53. The molecule has 0 aliphatic carbocycles. The van der Waals surface area contributed by atoms with Gasteiger partial charge in [-0.15, -0.1) is 0 Å². The van der Waals surface area contributed by atoms with Crippen LogP contribution in [0.3, 0.4) is 0 Å². The van der Waals surface area contributed by atoms with Crippen LogP contribution in [0, 0.1) is 0 Å². The lowest BCUT2D eigenvalue weighted by Crippen LogP contribution is -1.86. The first-order valence-corrected chi connectivity index (χ1v) is 4.28. The van der Waals surface area contributed by atoms with E-state index in [1.807, 2.05) is 30.3 Å². The van der Waals surface area contributed by atoms with Gasteiger partial charge in [0.05, 0.1) is 12.1 Å². The summed E-state index contributed by atoms with van der Waals surface area (Å²) < 4.78 is 0. The number of hydrogen-bond acceptors (Lipinski definition) is 3. The van der Waals surface area contributed by atoms with Gasteiger partial charge in [-0.25, -0.2) is 9.79 Å². The molecule has 0 saturated carbocycles. The van der Waals surface area contributed by atoms with Crippen molar-refractivity contribution in [3.05, 3.63) is 42.1 Å². The molecule has 0 aliphatic heterocycles. The highest BCUT2D eigenvalue weighted by molar-refractivity contribution is 5.81. The molecule has 2 rings (SSSR count). The normalized spacial score (nSPS) is 9.71. The third-order valence-corrected chi connectivity index (χ3v) is 2.03. The van der Waals surface area contributed by atoms with Crippen LogP contribution in [0.4, 0.5) is 0 Å². The second-order valence-electron chi connectivity index (χ2n) is 2.90. The summed E-state index contributed by atoms with van der Waals surface area (Å²) in [7, 11) is 0. The molecule has 3 heteroatoms. The summed E-state index contributed by atoms with van der Waals surface area (Å²) >= 11 is 0. The summed E-state index contributed by atoms with van der Waals surface area (Å²) in [4.78, 5) is 17.8. The van der Waals surface area contributed by atoms with Crippen molar-refractivity contribution in [1.82, 2.24) is 4.98 Å². The summed E-state index contributed by atoms with van der Waals surface area (Å²) in [5.74, 6) is 0. The average molecular weight is 184 g/mol. The van der Waals surface area contributed by atoms with E-state index in [4.69, 9.17) is 0 Å². The van der Waals surface area contributed by atoms with Gasteiger partial charge in [0.2, 0.25) is 6.08 Å². The quantitative estimate of drug-likeness (QED) is 0.529. The van der Waals surface area contributed by atoms with Crippen molar-refractivity contribution in [3.8, 4) is 0 Å². The summed E-state index contributed by atoms with van der Waals surface area (Å²) in [6.45, 7) is 0.345. The number of nitrogens with zero attached hydrogens (tertiary/aromatic N) is 2. The lowest BCUT2D eigenvalue weighted by atomic mass is 10.1. The van der Waals surface area contributed by atoms with Gasteiger partial charge in [-0.05, 0) is 6.07 Å². The number of carbonyl (C=O) groups excluding carboxylic acids is 1. The number of pyridine rings is 1. The molecular weight excluding hydrogens is 176 g/mol. The highest BCUT2D eigenvalue weighted by atomic mass is 16.1. The summed E-state index contributed by atoms with van der Waals surface area (Å²) in [6, 6.07) is 9.69. The summed E-state index contributed by atoms with van der Waals surface area (Å²) in [5.41, 5.74) is 1.85. The SMILES string of the molecule is O=C=NCc1cccc2cccnc12. The molecule has 0 saturated heterocycles. The van der Waals surface area contributed by atoms with Gasteiger partial charge in [0, 0.05) is 17.1 Å². The molecule has 0 atom stereocenters. The number of aliphatic imine (C=N–C) groups is 1. The van der Waals surface area contributed by atoms with Gasteiger partial charge in [0.15, 0.2) is 0 Å². The Labute approximate surface area is 81.1 Å². The standard InChI is InChI=1S/C11H8N2O/c14-8-12-7-10-4-1-3-9-5-2-6-13-11(9)10/h1-6H,7H2. The monoisotopic (exact) mass is 184 g/mol. The Bertz CT molecular complexity index is 496. The van der Waals surface area contributed by atoms with Gasteiger partial charge in [-0.2, -0.15) is 0 Å². The Kier molecular flexibility index (Phi) is 2.34. The highest BCUT2D eigenvalue weighted by Crippen LogP contribution is 2.16. The number of benzene rings is 1. The Morgan fingerprint density at radius 1 is 1.29 bits per heavy atom. The van der Waals surface area contributed by atoms with Gasteiger partial charge in [0.25, 0.3) is 0 Å². The fourth-order valence-corrected chi connectivity index (χ4v) is 1.41. The molecule has 1 aromatic heterocycles. The van der Waals surface area contributed by atoms with Gasteiger partial charge in [-0.3, -0.25) is 4.98 Å². The van der Waals surface area contributed by atoms with Crippen LogP contribution in [0.25, 0.3) is 10.9 Å². The number of fused-ring (bicyclic) bond motifs is 1. The van der Waals surface area contributed by atoms with Crippen molar-refractivity contribution < 1.29 is 4.79 Å². The zero-order valence-electron chi connectivity index (χ0n) is 7.47. The molecule has 1 heterocycles. The van der Waals surface area contributed by atoms with E-state index in [0.29, 0.717) is 6.54 Å². The molecule has 0 bridgehead atoms. The van der Waals surface area contributed by atoms with E-state index in [1.54, 1.807) is 6.20 Å². The van der Waals surface area contributed by atoms with Crippen molar-refractivity contribution in [2.75, 3.05) is 0 Å². The maximum absolute atomic E-state index is 10.0. The Hall–Kier alpha value is -1.99. The molecule has 0 N–H and O–H groups in total. The van der Waals surface area contributed by atoms with Gasteiger partial charge in [0.1, 0.15) is 0 Å². The summed E-state index contributed by atoms with van der Waals surface area (Å²) in [5, 5.41) is 1.06. The number of rotatable bonds is 2. The number of aromatic nitrogens is 1. The molecular formula is C11H8N2O. The first kappa shape index (κ1) is 8.60. The van der Waals surface area contributed by atoms with E-state index in [9.17, 15) is 4.79 Å². The van der Waals surface area contributed by atoms with Gasteiger partial charge >= 0.3 is 0 Å². The largest absolute Gasteiger partial charge is 0.256 e. The summed E-state index contributed by atoms with van der Waals surface area (Å²) in [6.07, 6.45) is 3.26. The fraction of sp³-hybridized carbons (Fsp3) is 0.0909. The minimum absolute atomic E-state index is 0.345. The van der Waals surface area contributed by atoms with E-state index in [2.05, 4.69) is 9.98 Å². The second-order valence-corrected chi connectivity index (χ2v) is 2.90. The smallest absolute Gasteiger partial charge is 0.235 e. The minimum atomic E-state index is 0.345. The number of isocyanates is 1. The van der Waals surface area contributed by atoms with Crippen LogP contribution >= 0.6 is 0 Å². The van der Waals surface area contributed by atoms with Crippen LogP contribution in [0.5, 0.6) is 0 Å². The molecule has 1 aromatic carbocycles. The van der Waals surface area contributed by atoms with Gasteiger partial charge < -0.3 is 0 Å². The predicted octanol–water partition coefficient (Wildman–Crippen LogP) is 2.07. The maximum Gasteiger partial charge on any atom is 0.235 e. The number of para-hydroxylation sites is 1. The van der Waals surface area contributed by atoms with Crippen molar-refractivity contribution >= 4 is 17.0 Å². The topological polar surface area (TPSA) is 42.3 Å². The van der Waals surface area contributed by atoms with Crippen LogP contribution < -0.4 is 0 Å². The van der Waals surface area contributed by atoms with Crippen molar-refractivity contribution in [2.45, 2.75) is 6.54 Å². The van der Waals surface area contributed by atoms with Crippen LogP contribution in [0.1, 0.15) is 5.56 Å². The van der Waals surface area contributed by atoms with Crippen LogP contribution in [-0.4, -0.2) is 11.1 Å². The van der Waals surface area contributed by atoms with E-state index in [-0.39, 0.29) is 0 Å². The molecule has 14 heavy (non-hydrogen) atoms. The molecule has 2 aromatic rings. The Morgan fingerprint density at radius 2 is 2.14 bits per heavy atom. The zero-order chi connectivity index (χ0) is 9.80. The van der Waals surface area contributed by atoms with Crippen LogP contribution in [0.2, 0.25) is 0 Å². The highest BCUT2D eigenvalue weighted by Gasteiger charge is 1.99. The molecule has 0 spiro atoms. The van der Waals surface area contributed by atoms with Crippen LogP contribution in [0.15, 0.2) is 41.5 Å². The first-order valence-electron chi connectivity index (χ1n) is 4.28. The van der Waals surface area contributed by atoms with E-state index < -0.39 is 0 Å². The Morgan fingerprint density at radius 3 is 3.00 bits per heavy atom. The molecule has 0 unspecified atom stereocenters. The zero-order valence-corrected chi connectivity index (χ0v) is 7.47. The van der Waals surface area contributed by atoms with E-state index >= 15 is 0 Å². The van der Waals surface area contributed by atoms with E-state index in [1.165, 1.54) is 6.08 Å². The molecule has 0 aliphatic rings. The molecule has 0 radical (unpaired) electrons. The lowest BCUT2D eigenvalue weighted by Gasteiger charge is -2.00. The van der Waals surface area contributed by atoms with Gasteiger partial charge in [-0.1, -0.05) is 24.3 Å². The van der Waals surface area contributed by atoms with E-state index in [0.717, 1.165) is 16.5 Å². The first-order chi connectivity index (χ1) is 6.92. The predicted molar refractivity (Wildman–Crippen MR) is 53.6 cm³/mol. The molecule has 0 fully saturated rings. The second kappa shape index (κ2) is 3.81. The minimum Gasteiger partial charge on any atom is -0.256 e. The average Bonchev–Trinajstić information content (AvgIpc) is 2.26. The van der Waals surface area contributed by atoms with Crippen molar-refractivity contribution in [2.24, 2.45) is 4.99 Å². The van der Waals surface area contributed by atoms with Crippen molar-refractivity contribution in [1.29, 1.82) is 0 Å². The third-order valence-electron chi connectivity index (χ3n) is 2.03. The lowest BCUT2D eigenvalue weighted by molar-refractivity contribution is 0.563. The van der Waals surface area contributed by atoms with Crippen molar-refractivity contribution in [3.63, 3.8) is 0 Å². The maximum atomic E-state index is 10.0. The van der Waals surface area contributed by atoms with Crippen LogP contribution in [-0.2, 0) is 11.3 Å². The fourth-order valence-electron chi connectivity index (χ4n) is 1.41. The Balaban J connectivity index is 2.58. The molecule has 68 valence electrons. The molecule has 3 nitrogen and oxygen atoms in total. The number of hydrogen-bond donors (Lipinski definition) is 0. The molecule has 0 amide bonds.